The Morgan fingerprint density at radius 1 is 0.929 bits per heavy atom. The first-order chi connectivity index (χ1) is 13.5. The van der Waals surface area contributed by atoms with Crippen molar-refractivity contribution in [3.63, 3.8) is 0 Å². The summed E-state index contributed by atoms with van der Waals surface area (Å²) < 4.78 is 12.3. The zero-order valence-corrected chi connectivity index (χ0v) is 16.9. The number of hydrogen-bond donors (Lipinski definition) is 0. The largest absolute Gasteiger partial charge is 0.487 e. The number of fused-ring (bicyclic) bond motifs is 3. The Hall–Kier alpha value is -3.08. The average molecular weight is 375 g/mol. The van der Waals surface area contributed by atoms with Crippen molar-refractivity contribution in [2.75, 3.05) is 4.90 Å². The van der Waals surface area contributed by atoms with Crippen molar-refractivity contribution in [1.29, 1.82) is 0 Å². The molecule has 0 N–H and O–H groups in total. The molecule has 3 aromatic heterocycles. The first kappa shape index (κ1) is 18.3. The normalized spacial score (nSPS) is 11.7. The highest BCUT2D eigenvalue weighted by molar-refractivity contribution is 6.09. The van der Waals surface area contributed by atoms with Gasteiger partial charge in [-0.15, -0.1) is 0 Å². The fraction of sp³-hybridized carbons (Fsp3) is 0.304. The van der Waals surface area contributed by atoms with Crippen LogP contribution in [0.2, 0.25) is 0 Å². The molecule has 0 atom stereocenters. The minimum Gasteiger partial charge on any atom is -0.487 e. The smallest absolute Gasteiger partial charge is 0.227 e. The predicted octanol–water partition coefficient (Wildman–Crippen LogP) is 6.02. The molecule has 0 radical (unpaired) electrons. The Balaban J connectivity index is 2.00. The third-order valence-corrected chi connectivity index (χ3v) is 4.69. The molecule has 0 fully saturated rings. The molecule has 1 aromatic carbocycles. The topological polar surface area (TPSA) is 51.4 Å². The molecular weight excluding hydrogens is 350 g/mol. The van der Waals surface area contributed by atoms with Crippen LogP contribution < -0.4 is 9.64 Å². The molecule has 0 bridgehead atoms. The quantitative estimate of drug-likeness (QED) is 0.427. The molecule has 0 aliphatic carbocycles. The minimum atomic E-state index is 0.0595. The zero-order valence-electron chi connectivity index (χ0n) is 16.9. The van der Waals surface area contributed by atoms with E-state index in [2.05, 4.69) is 47.8 Å². The van der Waals surface area contributed by atoms with Crippen LogP contribution in [-0.2, 0) is 0 Å². The molecule has 0 spiro atoms. The number of aryl methyl sites for hydroxylation is 1. The van der Waals surface area contributed by atoms with E-state index in [9.17, 15) is 0 Å². The minimum absolute atomic E-state index is 0.0595. The number of anilines is 2. The lowest BCUT2D eigenvalue weighted by molar-refractivity contribution is 0.242. The summed E-state index contributed by atoms with van der Waals surface area (Å²) in [4.78, 5) is 11.3. The van der Waals surface area contributed by atoms with Crippen molar-refractivity contribution in [3.8, 4) is 5.75 Å². The number of ether oxygens (including phenoxy) is 1. The van der Waals surface area contributed by atoms with Crippen molar-refractivity contribution < 1.29 is 9.15 Å². The van der Waals surface area contributed by atoms with E-state index in [1.807, 2.05) is 38.1 Å². The zero-order chi connectivity index (χ0) is 19.8. The van der Waals surface area contributed by atoms with Crippen LogP contribution in [0.25, 0.3) is 22.1 Å². The van der Waals surface area contributed by atoms with E-state index in [1.54, 1.807) is 12.4 Å². The lowest BCUT2D eigenvalue weighted by atomic mass is 10.1. The van der Waals surface area contributed by atoms with Gasteiger partial charge in [0.1, 0.15) is 0 Å². The molecule has 0 amide bonds. The van der Waals surface area contributed by atoms with Gasteiger partial charge in [-0.2, -0.15) is 0 Å². The van der Waals surface area contributed by atoms with E-state index >= 15 is 0 Å². The molecule has 0 unspecified atom stereocenters. The fourth-order valence-corrected chi connectivity index (χ4v) is 3.58. The SMILES string of the molecule is Cc1ccc2c(oc3ncccc32)c1N(c1ncccc1OC(C)C)C(C)C. The van der Waals surface area contributed by atoms with E-state index in [1.165, 1.54) is 0 Å². The van der Waals surface area contributed by atoms with E-state index < -0.39 is 0 Å². The third-order valence-electron chi connectivity index (χ3n) is 4.69. The summed E-state index contributed by atoms with van der Waals surface area (Å²) in [5.74, 6) is 1.55. The Bertz CT molecular complexity index is 1130. The lowest BCUT2D eigenvalue weighted by Gasteiger charge is -2.31. The highest BCUT2D eigenvalue weighted by Gasteiger charge is 2.25. The van der Waals surface area contributed by atoms with Crippen LogP contribution in [-0.4, -0.2) is 22.1 Å². The second kappa shape index (κ2) is 7.15. The second-order valence-electron chi connectivity index (χ2n) is 7.52. The second-order valence-corrected chi connectivity index (χ2v) is 7.52. The fourth-order valence-electron chi connectivity index (χ4n) is 3.58. The maximum absolute atomic E-state index is 6.22. The van der Waals surface area contributed by atoms with Gasteiger partial charge in [-0.25, -0.2) is 9.97 Å². The standard InChI is InChI=1S/C23H25N3O2/c1-14(2)26(22-19(27-15(3)4)9-7-12-24-22)20-16(5)10-11-17-18-8-6-13-25-23(18)28-21(17)20/h6-15H,1-5H3. The van der Waals surface area contributed by atoms with Gasteiger partial charge in [-0.3, -0.25) is 0 Å². The van der Waals surface area contributed by atoms with Crippen molar-refractivity contribution in [2.45, 2.75) is 46.8 Å². The first-order valence-corrected chi connectivity index (χ1v) is 9.65. The molecule has 3 heterocycles. The molecule has 28 heavy (non-hydrogen) atoms. The summed E-state index contributed by atoms with van der Waals surface area (Å²) >= 11 is 0. The van der Waals surface area contributed by atoms with Crippen LogP contribution in [0.1, 0.15) is 33.3 Å². The van der Waals surface area contributed by atoms with Crippen LogP contribution in [0.15, 0.2) is 53.2 Å². The summed E-state index contributed by atoms with van der Waals surface area (Å²) in [7, 11) is 0. The van der Waals surface area contributed by atoms with Gasteiger partial charge in [0, 0.05) is 29.2 Å². The van der Waals surface area contributed by atoms with E-state index in [-0.39, 0.29) is 12.1 Å². The Kier molecular flexibility index (Phi) is 4.67. The molecule has 4 aromatic rings. The molecule has 5 nitrogen and oxygen atoms in total. The van der Waals surface area contributed by atoms with Crippen molar-refractivity contribution >= 4 is 33.6 Å². The van der Waals surface area contributed by atoms with Gasteiger partial charge in [0.15, 0.2) is 17.2 Å². The summed E-state index contributed by atoms with van der Waals surface area (Å²) in [6.45, 7) is 10.4. The average Bonchev–Trinajstić information content (AvgIpc) is 3.03. The molecule has 0 aliphatic rings. The van der Waals surface area contributed by atoms with Crippen LogP contribution >= 0.6 is 0 Å². The summed E-state index contributed by atoms with van der Waals surface area (Å²) in [6, 6.07) is 12.2. The molecule has 0 aliphatic heterocycles. The van der Waals surface area contributed by atoms with Crippen molar-refractivity contribution in [2.24, 2.45) is 0 Å². The number of benzene rings is 1. The lowest BCUT2D eigenvalue weighted by Crippen LogP contribution is -2.28. The number of rotatable bonds is 5. The van der Waals surface area contributed by atoms with Gasteiger partial charge in [-0.05, 0) is 64.4 Å². The maximum atomic E-state index is 6.22. The third kappa shape index (κ3) is 3.07. The van der Waals surface area contributed by atoms with Gasteiger partial charge in [0.2, 0.25) is 5.71 Å². The summed E-state index contributed by atoms with van der Waals surface area (Å²) in [6.07, 6.45) is 3.61. The Morgan fingerprint density at radius 2 is 1.68 bits per heavy atom. The highest BCUT2D eigenvalue weighted by atomic mass is 16.5. The van der Waals surface area contributed by atoms with Crippen LogP contribution in [0.4, 0.5) is 11.5 Å². The van der Waals surface area contributed by atoms with E-state index in [0.29, 0.717) is 5.71 Å². The predicted molar refractivity (Wildman–Crippen MR) is 114 cm³/mol. The van der Waals surface area contributed by atoms with Crippen molar-refractivity contribution in [3.05, 3.63) is 54.4 Å². The molecule has 0 saturated carbocycles. The number of aromatic nitrogens is 2. The van der Waals surface area contributed by atoms with E-state index in [0.717, 1.165) is 39.2 Å². The molecule has 5 heteroatoms. The van der Waals surface area contributed by atoms with Gasteiger partial charge in [0.05, 0.1) is 11.8 Å². The van der Waals surface area contributed by atoms with Crippen LogP contribution in [0.3, 0.4) is 0 Å². The van der Waals surface area contributed by atoms with Crippen LogP contribution in [0, 0.1) is 6.92 Å². The number of pyridine rings is 2. The monoisotopic (exact) mass is 375 g/mol. The Morgan fingerprint density at radius 3 is 2.43 bits per heavy atom. The van der Waals surface area contributed by atoms with Gasteiger partial charge < -0.3 is 14.1 Å². The molecule has 0 saturated heterocycles. The summed E-state index contributed by atoms with van der Waals surface area (Å²) in [5.41, 5.74) is 3.58. The molecular formula is C23H25N3O2. The maximum Gasteiger partial charge on any atom is 0.227 e. The molecule has 4 rings (SSSR count). The number of furan rings is 1. The highest BCUT2D eigenvalue weighted by Crippen LogP contribution is 2.42. The van der Waals surface area contributed by atoms with E-state index in [4.69, 9.17) is 9.15 Å². The van der Waals surface area contributed by atoms with Crippen LogP contribution in [0.5, 0.6) is 5.75 Å². The van der Waals surface area contributed by atoms with Crippen molar-refractivity contribution in [1.82, 2.24) is 9.97 Å². The Labute approximate surface area is 165 Å². The number of nitrogens with zero attached hydrogens (tertiary/aromatic N) is 3. The van der Waals surface area contributed by atoms with Gasteiger partial charge in [-0.1, -0.05) is 12.1 Å². The van der Waals surface area contributed by atoms with Gasteiger partial charge in [0.25, 0.3) is 0 Å². The first-order valence-electron chi connectivity index (χ1n) is 9.65. The van der Waals surface area contributed by atoms with Gasteiger partial charge >= 0.3 is 0 Å². The summed E-state index contributed by atoms with van der Waals surface area (Å²) in [5, 5.41) is 2.07. The molecule has 144 valence electrons. The number of hydrogen-bond acceptors (Lipinski definition) is 5.